The van der Waals surface area contributed by atoms with Crippen LogP contribution in [0, 0.1) is 5.92 Å². The van der Waals surface area contributed by atoms with Gasteiger partial charge in [-0.15, -0.1) is 0 Å². The topological polar surface area (TPSA) is 29.5 Å². The summed E-state index contributed by atoms with van der Waals surface area (Å²) in [7, 11) is 0. The summed E-state index contributed by atoms with van der Waals surface area (Å²) < 4.78 is 5.67. The Balaban J connectivity index is 2.11. The second-order valence-electron chi connectivity index (χ2n) is 3.43. The molecule has 2 nitrogen and oxygen atoms in total. The number of hydrogen-bond donors (Lipinski definition) is 1. The van der Waals surface area contributed by atoms with Gasteiger partial charge in [-0.3, -0.25) is 0 Å². The summed E-state index contributed by atoms with van der Waals surface area (Å²) in [5.74, 6) is 0.295. The molecule has 0 saturated carbocycles. The molecule has 3 heteroatoms. The largest absolute Gasteiger partial charge is 0.396 e. The van der Waals surface area contributed by atoms with Crippen molar-refractivity contribution in [3.05, 3.63) is 22.4 Å². The van der Waals surface area contributed by atoms with Crippen LogP contribution in [0.25, 0.3) is 0 Å². The molecule has 2 rings (SSSR count). The van der Waals surface area contributed by atoms with Crippen molar-refractivity contribution in [1.29, 1.82) is 0 Å². The minimum atomic E-state index is 0.130. The molecule has 1 saturated heterocycles. The maximum absolute atomic E-state index is 9.18. The lowest BCUT2D eigenvalue weighted by atomic mass is 9.92. The fraction of sp³-hybridized carbons (Fsp3) is 0.600. The van der Waals surface area contributed by atoms with Gasteiger partial charge < -0.3 is 9.84 Å². The molecule has 0 amide bonds. The third-order valence-corrected chi connectivity index (χ3v) is 3.25. The highest BCUT2D eigenvalue weighted by Gasteiger charge is 2.26. The first kappa shape index (κ1) is 9.19. The first-order valence-corrected chi connectivity index (χ1v) is 5.60. The van der Waals surface area contributed by atoms with E-state index in [0.29, 0.717) is 5.92 Å². The van der Waals surface area contributed by atoms with E-state index >= 15 is 0 Å². The Bertz CT molecular complexity index is 245. The Labute approximate surface area is 82.2 Å². The van der Waals surface area contributed by atoms with Gasteiger partial charge in [-0.1, -0.05) is 0 Å². The number of aliphatic hydroxyl groups excluding tert-OH is 1. The summed E-state index contributed by atoms with van der Waals surface area (Å²) in [6, 6.07) is 2.09. The van der Waals surface area contributed by atoms with Gasteiger partial charge in [0, 0.05) is 19.1 Å². The molecule has 0 radical (unpaired) electrons. The first-order valence-electron chi connectivity index (χ1n) is 4.66. The first-order chi connectivity index (χ1) is 6.42. The van der Waals surface area contributed by atoms with Crippen molar-refractivity contribution in [3.8, 4) is 0 Å². The van der Waals surface area contributed by atoms with Crippen LogP contribution < -0.4 is 0 Å². The van der Waals surface area contributed by atoms with E-state index in [2.05, 4.69) is 16.8 Å². The number of aliphatic hydroxyl groups is 1. The summed E-state index contributed by atoms with van der Waals surface area (Å²) in [5.41, 5.74) is 1.23. The highest BCUT2D eigenvalue weighted by Crippen LogP contribution is 2.33. The molecule has 0 aliphatic carbocycles. The lowest BCUT2D eigenvalue weighted by Gasteiger charge is -2.29. The summed E-state index contributed by atoms with van der Waals surface area (Å²) in [6.07, 6.45) is 2.29. The van der Waals surface area contributed by atoms with Crippen LogP contribution in [0.5, 0.6) is 0 Å². The zero-order valence-corrected chi connectivity index (χ0v) is 8.30. The maximum Gasteiger partial charge on any atom is 0.0882 e. The molecule has 2 unspecified atom stereocenters. The van der Waals surface area contributed by atoms with Crippen LogP contribution in [0.4, 0.5) is 0 Å². The standard InChI is InChI=1S/C10H14O2S/c11-6-8-2-1-4-12-10(8)9-3-5-13-7-9/h3,5,7-8,10-11H,1-2,4,6H2. The SMILES string of the molecule is OCC1CCCOC1c1ccsc1. The zero-order chi connectivity index (χ0) is 9.10. The molecule has 2 heterocycles. The molecule has 1 aromatic rings. The molecule has 1 aromatic heterocycles. The van der Waals surface area contributed by atoms with Crippen LogP contribution in [0.3, 0.4) is 0 Å². The molecule has 0 aromatic carbocycles. The minimum absolute atomic E-state index is 0.130. The lowest BCUT2D eigenvalue weighted by molar-refractivity contribution is -0.0454. The Morgan fingerprint density at radius 3 is 3.23 bits per heavy atom. The maximum atomic E-state index is 9.18. The highest BCUT2D eigenvalue weighted by atomic mass is 32.1. The average Bonchev–Trinajstić information content (AvgIpc) is 2.70. The average molecular weight is 198 g/mol. The molecule has 0 bridgehead atoms. The van der Waals surface area contributed by atoms with E-state index in [1.165, 1.54) is 5.56 Å². The Hall–Kier alpha value is -0.380. The van der Waals surface area contributed by atoms with Crippen LogP contribution in [-0.2, 0) is 4.74 Å². The second kappa shape index (κ2) is 4.22. The van der Waals surface area contributed by atoms with Crippen molar-refractivity contribution >= 4 is 11.3 Å². The third-order valence-electron chi connectivity index (χ3n) is 2.55. The van der Waals surface area contributed by atoms with Gasteiger partial charge in [-0.2, -0.15) is 11.3 Å². The number of hydrogen-bond acceptors (Lipinski definition) is 3. The van der Waals surface area contributed by atoms with Crippen LogP contribution in [0.2, 0.25) is 0 Å². The molecular weight excluding hydrogens is 184 g/mol. The molecule has 1 fully saturated rings. The second-order valence-corrected chi connectivity index (χ2v) is 4.21. The van der Waals surface area contributed by atoms with Crippen molar-refractivity contribution in [2.24, 2.45) is 5.92 Å². The molecule has 1 aliphatic heterocycles. The molecule has 0 spiro atoms. The predicted octanol–water partition coefficient (Wildman–Crippen LogP) is 2.21. The quantitative estimate of drug-likeness (QED) is 0.789. The van der Waals surface area contributed by atoms with Gasteiger partial charge in [0.2, 0.25) is 0 Å². The van der Waals surface area contributed by atoms with Crippen molar-refractivity contribution in [2.45, 2.75) is 18.9 Å². The van der Waals surface area contributed by atoms with Crippen LogP contribution in [0.1, 0.15) is 24.5 Å². The van der Waals surface area contributed by atoms with Crippen LogP contribution in [-0.4, -0.2) is 18.3 Å². The monoisotopic (exact) mass is 198 g/mol. The van der Waals surface area contributed by atoms with Gasteiger partial charge in [-0.25, -0.2) is 0 Å². The van der Waals surface area contributed by atoms with E-state index in [9.17, 15) is 5.11 Å². The molecule has 13 heavy (non-hydrogen) atoms. The smallest absolute Gasteiger partial charge is 0.0882 e. The lowest BCUT2D eigenvalue weighted by Crippen LogP contribution is -2.24. The fourth-order valence-electron chi connectivity index (χ4n) is 1.84. The van der Waals surface area contributed by atoms with Crippen LogP contribution >= 0.6 is 11.3 Å². The Kier molecular flexibility index (Phi) is 2.98. The summed E-state index contributed by atoms with van der Waals surface area (Å²) >= 11 is 1.68. The Morgan fingerprint density at radius 2 is 2.54 bits per heavy atom. The van der Waals surface area contributed by atoms with Gasteiger partial charge in [0.15, 0.2) is 0 Å². The van der Waals surface area contributed by atoms with Gasteiger partial charge in [0.1, 0.15) is 0 Å². The van der Waals surface area contributed by atoms with E-state index in [0.717, 1.165) is 19.4 Å². The molecule has 72 valence electrons. The highest BCUT2D eigenvalue weighted by molar-refractivity contribution is 7.07. The van der Waals surface area contributed by atoms with E-state index in [4.69, 9.17) is 4.74 Å². The molecular formula is C10H14O2S. The number of ether oxygens (including phenoxy) is 1. The normalized spacial score (nSPS) is 29.0. The van der Waals surface area contributed by atoms with Gasteiger partial charge in [0.25, 0.3) is 0 Å². The van der Waals surface area contributed by atoms with E-state index < -0.39 is 0 Å². The third kappa shape index (κ3) is 1.93. The van der Waals surface area contributed by atoms with Crippen molar-refractivity contribution in [3.63, 3.8) is 0 Å². The summed E-state index contributed by atoms with van der Waals surface area (Å²) in [4.78, 5) is 0. The molecule has 1 aliphatic rings. The van der Waals surface area contributed by atoms with Gasteiger partial charge >= 0.3 is 0 Å². The van der Waals surface area contributed by atoms with Crippen molar-refractivity contribution in [1.82, 2.24) is 0 Å². The van der Waals surface area contributed by atoms with E-state index in [-0.39, 0.29) is 12.7 Å². The van der Waals surface area contributed by atoms with Gasteiger partial charge in [-0.05, 0) is 35.2 Å². The molecule has 1 N–H and O–H groups in total. The summed E-state index contributed by atoms with van der Waals surface area (Å²) in [5, 5.41) is 13.4. The predicted molar refractivity (Wildman–Crippen MR) is 52.8 cm³/mol. The number of rotatable bonds is 2. The summed E-state index contributed by atoms with van der Waals surface area (Å²) in [6.45, 7) is 1.07. The zero-order valence-electron chi connectivity index (χ0n) is 7.48. The van der Waals surface area contributed by atoms with Crippen molar-refractivity contribution in [2.75, 3.05) is 13.2 Å². The van der Waals surface area contributed by atoms with E-state index in [1.54, 1.807) is 11.3 Å². The number of thiophene rings is 1. The van der Waals surface area contributed by atoms with Crippen LogP contribution in [0.15, 0.2) is 16.8 Å². The van der Waals surface area contributed by atoms with Gasteiger partial charge in [0.05, 0.1) is 6.10 Å². The minimum Gasteiger partial charge on any atom is -0.396 e. The Morgan fingerprint density at radius 1 is 1.62 bits per heavy atom. The van der Waals surface area contributed by atoms with Crippen molar-refractivity contribution < 1.29 is 9.84 Å². The van der Waals surface area contributed by atoms with E-state index in [1.807, 2.05) is 0 Å². The molecule has 2 atom stereocenters. The fourth-order valence-corrected chi connectivity index (χ4v) is 2.52.